The van der Waals surface area contributed by atoms with Crippen LogP contribution in [-0.4, -0.2) is 31.1 Å². The summed E-state index contributed by atoms with van der Waals surface area (Å²) in [6, 6.07) is 17.9. The number of fused-ring (bicyclic) bond motifs is 3. The monoisotopic (exact) mass is 457 g/mol. The Hall–Kier alpha value is -3.48. The van der Waals surface area contributed by atoms with Crippen LogP contribution in [0.3, 0.4) is 0 Å². The summed E-state index contributed by atoms with van der Waals surface area (Å²) in [6.07, 6.45) is 6.00. The first-order valence-corrected chi connectivity index (χ1v) is 12.3. The molecule has 0 unspecified atom stereocenters. The Morgan fingerprint density at radius 1 is 0.971 bits per heavy atom. The second-order valence-electron chi connectivity index (χ2n) is 9.49. The maximum Gasteiger partial charge on any atom is 0.262 e. The van der Waals surface area contributed by atoms with Gasteiger partial charge in [-0.3, -0.25) is 18.6 Å². The van der Waals surface area contributed by atoms with E-state index >= 15 is 0 Å². The standard InChI is InChI=1S/C27H31N5O2/c1-19-11-13-21(14-12-19)28-25(33)16-15-24-29-30-27-31(18-17-20-7-3-2-4-8-20)26(34)22-9-5-6-10-23(22)32(24)27/h2-10,19,21H,11-18H2,1H3,(H,28,33). The van der Waals surface area contributed by atoms with Crippen molar-refractivity contribution >= 4 is 22.6 Å². The van der Waals surface area contributed by atoms with Crippen LogP contribution in [0.25, 0.3) is 16.7 Å². The Balaban J connectivity index is 1.40. The van der Waals surface area contributed by atoms with Gasteiger partial charge in [0.05, 0.1) is 10.9 Å². The molecule has 0 saturated heterocycles. The van der Waals surface area contributed by atoms with Crippen LogP contribution in [0.2, 0.25) is 0 Å². The summed E-state index contributed by atoms with van der Waals surface area (Å²) < 4.78 is 3.65. The van der Waals surface area contributed by atoms with Gasteiger partial charge in [-0.15, -0.1) is 10.2 Å². The predicted octanol–water partition coefficient (Wildman–Crippen LogP) is 3.91. The molecule has 34 heavy (non-hydrogen) atoms. The number of aromatic nitrogens is 4. The SMILES string of the molecule is CC1CCC(NC(=O)CCc2nnc3n(CCc4ccccc4)c(=O)c4ccccc4n23)CC1. The maximum atomic E-state index is 13.3. The fourth-order valence-electron chi connectivity index (χ4n) is 4.99. The average molecular weight is 458 g/mol. The molecule has 1 N–H and O–H groups in total. The van der Waals surface area contributed by atoms with Crippen LogP contribution >= 0.6 is 0 Å². The number of rotatable bonds is 7. The molecule has 5 rings (SSSR count). The molecule has 1 aliphatic carbocycles. The number of para-hydroxylation sites is 1. The molecule has 2 heterocycles. The van der Waals surface area contributed by atoms with Crippen molar-refractivity contribution in [2.24, 2.45) is 5.92 Å². The molecule has 0 atom stereocenters. The third kappa shape index (κ3) is 4.60. The minimum absolute atomic E-state index is 0.0537. The van der Waals surface area contributed by atoms with Gasteiger partial charge >= 0.3 is 0 Å². The van der Waals surface area contributed by atoms with Gasteiger partial charge in [-0.2, -0.15) is 0 Å². The van der Waals surface area contributed by atoms with E-state index < -0.39 is 0 Å². The number of aryl methyl sites for hydroxylation is 3. The number of benzene rings is 2. The molecule has 0 spiro atoms. The van der Waals surface area contributed by atoms with Crippen LogP contribution in [0, 0.1) is 5.92 Å². The van der Waals surface area contributed by atoms with Crippen molar-refractivity contribution in [2.45, 2.75) is 64.5 Å². The van der Waals surface area contributed by atoms with Gasteiger partial charge in [0.25, 0.3) is 5.56 Å². The number of nitrogens with one attached hydrogen (secondary N) is 1. The molecule has 0 aliphatic heterocycles. The summed E-state index contributed by atoms with van der Waals surface area (Å²) in [6.45, 7) is 2.79. The number of carbonyl (C=O) groups is 1. The zero-order chi connectivity index (χ0) is 23.5. The van der Waals surface area contributed by atoms with Crippen LogP contribution in [0.15, 0.2) is 59.4 Å². The molecule has 1 fully saturated rings. The van der Waals surface area contributed by atoms with Gasteiger partial charge in [0.1, 0.15) is 5.82 Å². The summed E-state index contributed by atoms with van der Waals surface area (Å²) in [5.41, 5.74) is 1.87. The summed E-state index contributed by atoms with van der Waals surface area (Å²) >= 11 is 0. The lowest BCUT2D eigenvalue weighted by Crippen LogP contribution is -2.37. The third-order valence-corrected chi connectivity index (χ3v) is 7.00. The van der Waals surface area contributed by atoms with E-state index in [2.05, 4.69) is 34.6 Å². The fraction of sp³-hybridized carbons (Fsp3) is 0.407. The van der Waals surface area contributed by atoms with Gasteiger partial charge in [-0.25, -0.2) is 0 Å². The Morgan fingerprint density at radius 2 is 1.71 bits per heavy atom. The molecule has 7 nitrogen and oxygen atoms in total. The van der Waals surface area contributed by atoms with Gasteiger partial charge in [0.15, 0.2) is 0 Å². The van der Waals surface area contributed by atoms with E-state index in [1.807, 2.05) is 46.9 Å². The summed E-state index contributed by atoms with van der Waals surface area (Å²) in [4.78, 5) is 25.9. The van der Waals surface area contributed by atoms with Crippen LogP contribution in [0.4, 0.5) is 0 Å². The molecule has 0 bridgehead atoms. The van der Waals surface area contributed by atoms with Gasteiger partial charge < -0.3 is 5.32 Å². The second-order valence-corrected chi connectivity index (χ2v) is 9.49. The number of hydrogen-bond acceptors (Lipinski definition) is 4. The molecule has 1 saturated carbocycles. The van der Waals surface area contributed by atoms with Crippen molar-refractivity contribution in [1.82, 2.24) is 24.5 Å². The predicted molar refractivity (Wildman–Crippen MR) is 133 cm³/mol. The largest absolute Gasteiger partial charge is 0.353 e. The molecule has 1 amide bonds. The van der Waals surface area contributed by atoms with Crippen LogP contribution in [0.5, 0.6) is 0 Å². The lowest BCUT2D eigenvalue weighted by Gasteiger charge is -2.26. The van der Waals surface area contributed by atoms with Crippen molar-refractivity contribution in [1.29, 1.82) is 0 Å². The highest BCUT2D eigenvalue weighted by atomic mass is 16.1. The topological polar surface area (TPSA) is 81.3 Å². The van der Waals surface area contributed by atoms with Crippen LogP contribution < -0.4 is 10.9 Å². The number of hydrogen-bond donors (Lipinski definition) is 1. The molecule has 2 aromatic carbocycles. The minimum atomic E-state index is -0.0674. The van der Waals surface area contributed by atoms with E-state index in [1.54, 1.807) is 4.57 Å². The second kappa shape index (κ2) is 9.79. The highest BCUT2D eigenvalue weighted by Gasteiger charge is 2.21. The van der Waals surface area contributed by atoms with Gasteiger partial charge in [0, 0.05) is 25.4 Å². The maximum absolute atomic E-state index is 13.3. The molecule has 0 radical (unpaired) electrons. The molecular weight excluding hydrogens is 426 g/mol. The van der Waals surface area contributed by atoms with E-state index in [1.165, 1.54) is 12.8 Å². The number of nitrogens with zero attached hydrogens (tertiary/aromatic N) is 4. The zero-order valence-corrected chi connectivity index (χ0v) is 19.6. The molecular formula is C27H31N5O2. The molecule has 4 aromatic rings. The van der Waals surface area contributed by atoms with Crippen molar-refractivity contribution < 1.29 is 4.79 Å². The smallest absolute Gasteiger partial charge is 0.262 e. The van der Waals surface area contributed by atoms with Gasteiger partial charge in [0.2, 0.25) is 11.7 Å². The van der Waals surface area contributed by atoms with Crippen molar-refractivity contribution in [3.63, 3.8) is 0 Å². The fourth-order valence-corrected chi connectivity index (χ4v) is 4.99. The van der Waals surface area contributed by atoms with Crippen molar-refractivity contribution in [2.75, 3.05) is 0 Å². The number of amides is 1. The van der Waals surface area contributed by atoms with E-state index in [0.717, 1.165) is 36.3 Å². The first-order valence-electron chi connectivity index (χ1n) is 12.3. The van der Waals surface area contributed by atoms with E-state index in [0.29, 0.717) is 36.4 Å². The number of carbonyl (C=O) groups excluding carboxylic acids is 1. The van der Waals surface area contributed by atoms with E-state index in [4.69, 9.17) is 0 Å². The summed E-state index contributed by atoms with van der Waals surface area (Å²) in [5, 5.41) is 12.6. The summed E-state index contributed by atoms with van der Waals surface area (Å²) in [7, 11) is 0. The molecule has 176 valence electrons. The Labute approximate surface area is 198 Å². The molecule has 2 aromatic heterocycles. The van der Waals surface area contributed by atoms with Crippen molar-refractivity contribution in [3.8, 4) is 0 Å². The van der Waals surface area contributed by atoms with Crippen LogP contribution in [0.1, 0.15) is 50.4 Å². The minimum Gasteiger partial charge on any atom is -0.353 e. The van der Waals surface area contributed by atoms with Gasteiger partial charge in [-0.1, -0.05) is 49.4 Å². The van der Waals surface area contributed by atoms with Gasteiger partial charge in [-0.05, 0) is 55.7 Å². The summed E-state index contributed by atoms with van der Waals surface area (Å²) in [5.74, 6) is 2.03. The zero-order valence-electron chi connectivity index (χ0n) is 19.6. The van der Waals surface area contributed by atoms with E-state index in [9.17, 15) is 9.59 Å². The molecule has 7 heteroatoms. The Bertz CT molecular complexity index is 1350. The average Bonchev–Trinajstić information content (AvgIpc) is 3.29. The Kier molecular flexibility index (Phi) is 6.43. The quantitative estimate of drug-likeness (QED) is 0.456. The van der Waals surface area contributed by atoms with Crippen LogP contribution in [-0.2, 0) is 24.2 Å². The lowest BCUT2D eigenvalue weighted by molar-refractivity contribution is -0.122. The van der Waals surface area contributed by atoms with Crippen molar-refractivity contribution in [3.05, 3.63) is 76.3 Å². The lowest BCUT2D eigenvalue weighted by atomic mass is 9.87. The normalized spacial score (nSPS) is 18.4. The highest BCUT2D eigenvalue weighted by Crippen LogP contribution is 2.23. The van der Waals surface area contributed by atoms with E-state index in [-0.39, 0.29) is 17.5 Å². The Morgan fingerprint density at radius 3 is 2.50 bits per heavy atom. The third-order valence-electron chi connectivity index (χ3n) is 7.00. The highest BCUT2D eigenvalue weighted by molar-refractivity contribution is 5.80. The molecule has 1 aliphatic rings. The first kappa shape index (κ1) is 22.3. The first-order chi connectivity index (χ1) is 16.6.